The van der Waals surface area contributed by atoms with Crippen molar-refractivity contribution in [2.24, 2.45) is 7.05 Å². The van der Waals surface area contributed by atoms with Crippen molar-refractivity contribution >= 4 is 11.3 Å². The molecule has 7 nitrogen and oxygen atoms in total. The molecular weight excluding hydrogens is 336 g/mol. The summed E-state index contributed by atoms with van der Waals surface area (Å²) < 4.78 is 7.64. The molecule has 2 aliphatic rings. The Bertz CT molecular complexity index is 667. The molecule has 2 aromatic rings. The molecule has 1 unspecified atom stereocenters. The third-order valence-electron chi connectivity index (χ3n) is 5.21. The van der Waals surface area contributed by atoms with Crippen LogP contribution in [-0.2, 0) is 24.9 Å². The number of hydrogen-bond acceptors (Lipinski definition) is 7. The van der Waals surface area contributed by atoms with Crippen LogP contribution in [0.25, 0.3) is 0 Å². The van der Waals surface area contributed by atoms with E-state index in [0.717, 1.165) is 64.1 Å². The Balaban J connectivity index is 1.40. The Kier molecular flexibility index (Phi) is 5.40. The Morgan fingerprint density at radius 3 is 2.84 bits per heavy atom. The number of likely N-dealkylation sites (tertiary alicyclic amines) is 1. The van der Waals surface area contributed by atoms with Gasteiger partial charge in [-0.25, -0.2) is 4.98 Å². The third kappa shape index (κ3) is 4.08. The van der Waals surface area contributed by atoms with Gasteiger partial charge in [-0.1, -0.05) is 0 Å². The predicted octanol–water partition coefficient (Wildman–Crippen LogP) is 1.48. The molecule has 4 rings (SSSR count). The number of rotatable bonds is 5. The zero-order chi connectivity index (χ0) is 17.1. The molecule has 0 amide bonds. The summed E-state index contributed by atoms with van der Waals surface area (Å²) >= 11 is 1.67. The van der Waals surface area contributed by atoms with E-state index in [4.69, 9.17) is 4.74 Å². The van der Waals surface area contributed by atoms with Crippen LogP contribution < -0.4 is 0 Å². The Labute approximate surface area is 152 Å². The molecule has 0 N–H and O–H groups in total. The van der Waals surface area contributed by atoms with Crippen molar-refractivity contribution in [2.75, 3.05) is 39.4 Å². The maximum absolute atomic E-state index is 5.43. The summed E-state index contributed by atoms with van der Waals surface area (Å²) in [5.41, 5.74) is 3.09. The first kappa shape index (κ1) is 17.1. The highest BCUT2D eigenvalue weighted by Gasteiger charge is 2.26. The maximum Gasteiger partial charge on any atom is 0.146 e. The highest BCUT2D eigenvalue weighted by atomic mass is 32.1. The van der Waals surface area contributed by atoms with E-state index in [9.17, 15) is 0 Å². The number of morpholine rings is 1. The van der Waals surface area contributed by atoms with Crippen molar-refractivity contribution in [3.05, 3.63) is 28.2 Å². The van der Waals surface area contributed by atoms with Crippen LogP contribution in [0.1, 0.15) is 36.1 Å². The quantitative estimate of drug-likeness (QED) is 0.803. The first-order chi connectivity index (χ1) is 12.3. The fourth-order valence-electron chi connectivity index (χ4n) is 3.78. The van der Waals surface area contributed by atoms with Gasteiger partial charge < -0.3 is 9.30 Å². The molecule has 0 saturated carbocycles. The Hall–Kier alpha value is -1.35. The van der Waals surface area contributed by atoms with Crippen molar-refractivity contribution in [1.82, 2.24) is 29.5 Å². The van der Waals surface area contributed by atoms with Gasteiger partial charge in [0.15, 0.2) is 0 Å². The zero-order valence-electron chi connectivity index (χ0n) is 14.8. The molecule has 136 valence electrons. The van der Waals surface area contributed by atoms with Crippen LogP contribution in [-0.4, -0.2) is 68.9 Å². The van der Waals surface area contributed by atoms with Crippen molar-refractivity contribution in [3.63, 3.8) is 0 Å². The normalized spacial score (nSPS) is 23.2. The second kappa shape index (κ2) is 7.90. The van der Waals surface area contributed by atoms with Crippen LogP contribution in [0.5, 0.6) is 0 Å². The van der Waals surface area contributed by atoms with Crippen LogP contribution in [0.3, 0.4) is 0 Å². The minimum atomic E-state index is 0.461. The molecule has 2 aromatic heterocycles. The maximum atomic E-state index is 5.43. The van der Waals surface area contributed by atoms with Crippen molar-refractivity contribution in [2.45, 2.75) is 31.8 Å². The minimum absolute atomic E-state index is 0.461. The molecule has 8 heteroatoms. The fraction of sp³-hybridized carbons (Fsp3) is 0.706. The van der Waals surface area contributed by atoms with Gasteiger partial charge in [0, 0.05) is 44.5 Å². The van der Waals surface area contributed by atoms with Gasteiger partial charge in [0.25, 0.3) is 0 Å². The SMILES string of the molecule is Cn1c(CN2CCOCC2)nnc1C1CCCN(Cc2cscn2)C1. The molecule has 2 fully saturated rings. The van der Waals surface area contributed by atoms with Crippen LogP contribution in [0.15, 0.2) is 10.9 Å². The molecule has 2 aliphatic heterocycles. The van der Waals surface area contributed by atoms with Crippen molar-refractivity contribution in [1.29, 1.82) is 0 Å². The third-order valence-corrected chi connectivity index (χ3v) is 5.84. The Morgan fingerprint density at radius 1 is 1.16 bits per heavy atom. The lowest BCUT2D eigenvalue weighted by molar-refractivity contribution is 0.0326. The van der Waals surface area contributed by atoms with E-state index in [0.29, 0.717) is 5.92 Å². The smallest absolute Gasteiger partial charge is 0.146 e. The number of hydrogen-bond donors (Lipinski definition) is 0. The number of aromatic nitrogens is 4. The summed E-state index contributed by atoms with van der Waals surface area (Å²) in [6.07, 6.45) is 2.40. The number of nitrogens with zero attached hydrogens (tertiary/aromatic N) is 6. The Morgan fingerprint density at radius 2 is 2.04 bits per heavy atom. The summed E-state index contributed by atoms with van der Waals surface area (Å²) in [6, 6.07) is 0. The van der Waals surface area contributed by atoms with E-state index in [2.05, 4.69) is 42.0 Å². The summed E-state index contributed by atoms with van der Waals surface area (Å²) in [4.78, 5) is 9.32. The first-order valence-corrected chi connectivity index (χ1v) is 10.0. The minimum Gasteiger partial charge on any atom is -0.379 e. The van der Waals surface area contributed by atoms with Gasteiger partial charge in [-0.3, -0.25) is 9.80 Å². The lowest BCUT2D eigenvalue weighted by Gasteiger charge is -2.31. The molecule has 0 bridgehead atoms. The van der Waals surface area contributed by atoms with Crippen molar-refractivity contribution in [3.8, 4) is 0 Å². The summed E-state index contributed by atoms with van der Waals surface area (Å²) in [5.74, 6) is 2.66. The standard InChI is InChI=1S/C17H26N6OS/c1-21-16(11-22-5-7-24-8-6-22)19-20-17(21)14-3-2-4-23(9-14)10-15-12-25-13-18-15/h12-14H,2-11H2,1H3. The molecular formula is C17H26N6OS. The second-order valence-electron chi connectivity index (χ2n) is 6.98. The van der Waals surface area contributed by atoms with Gasteiger partial charge in [0.2, 0.25) is 0 Å². The molecule has 1 atom stereocenters. The van der Waals surface area contributed by atoms with E-state index in [1.54, 1.807) is 11.3 Å². The molecule has 25 heavy (non-hydrogen) atoms. The largest absolute Gasteiger partial charge is 0.379 e. The molecule has 0 aromatic carbocycles. The average molecular weight is 363 g/mol. The van der Waals surface area contributed by atoms with Gasteiger partial charge in [-0.2, -0.15) is 0 Å². The molecule has 2 saturated heterocycles. The number of ether oxygens (including phenoxy) is 1. The molecule has 0 spiro atoms. The highest BCUT2D eigenvalue weighted by molar-refractivity contribution is 7.07. The van der Waals surface area contributed by atoms with E-state index < -0.39 is 0 Å². The molecule has 0 radical (unpaired) electrons. The highest BCUT2D eigenvalue weighted by Crippen LogP contribution is 2.27. The second-order valence-corrected chi connectivity index (χ2v) is 7.69. The summed E-state index contributed by atoms with van der Waals surface area (Å²) in [6.45, 7) is 7.59. The van der Waals surface area contributed by atoms with E-state index in [1.165, 1.54) is 18.5 Å². The van der Waals surface area contributed by atoms with Crippen LogP contribution >= 0.6 is 11.3 Å². The first-order valence-electron chi connectivity index (χ1n) is 9.07. The van der Waals surface area contributed by atoms with Gasteiger partial charge in [-0.05, 0) is 19.4 Å². The van der Waals surface area contributed by atoms with Gasteiger partial charge in [0.05, 0.1) is 31.0 Å². The van der Waals surface area contributed by atoms with Crippen LogP contribution in [0.2, 0.25) is 0 Å². The lowest BCUT2D eigenvalue weighted by atomic mass is 9.97. The van der Waals surface area contributed by atoms with Gasteiger partial charge >= 0.3 is 0 Å². The van der Waals surface area contributed by atoms with E-state index >= 15 is 0 Å². The molecule has 0 aliphatic carbocycles. The summed E-state index contributed by atoms with van der Waals surface area (Å²) in [5, 5.41) is 11.2. The van der Waals surface area contributed by atoms with Gasteiger partial charge in [-0.15, -0.1) is 21.5 Å². The topological polar surface area (TPSA) is 59.3 Å². The monoisotopic (exact) mass is 362 g/mol. The fourth-order valence-corrected chi connectivity index (χ4v) is 4.33. The predicted molar refractivity (Wildman–Crippen MR) is 96.5 cm³/mol. The lowest BCUT2D eigenvalue weighted by Crippen LogP contribution is -2.36. The average Bonchev–Trinajstić information content (AvgIpc) is 3.27. The molecule has 4 heterocycles. The number of thiazole rings is 1. The van der Waals surface area contributed by atoms with E-state index in [-0.39, 0.29) is 0 Å². The zero-order valence-corrected chi connectivity index (χ0v) is 15.6. The number of piperidine rings is 1. The van der Waals surface area contributed by atoms with Gasteiger partial charge in [0.1, 0.15) is 11.6 Å². The van der Waals surface area contributed by atoms with Crippen LogP contribution in [0.4, 0.5) is 0 Å². The summed E-state index contributed by atoms with van der Waals surface area (Å²) in [7, 11) is 2.12. The van der Waals surface area contributed by atoms with Crippen molar-refractivity contribution < 1.29 is 4.74 Å². The van der Waals surface area contributed by atoms with Crippen LogP contribution in [0, 0.1) is 0 Å². The van der Waals surface area contributed by atoms with E-state index in [1.807, 2.05) is 5.51 Å².